The Morgan fingerprint density at radius 2 is 1.82 bits per heavy atom. The highest BCUT2D eigenvalue weighted by molar-refractivity contribution is 6.35. The van der Waals surface area contributed by atoms with Gasteiger partial charge in [0.05, 0.1) is 0 Å². The van der Waals surface area contributed by atoms with E-state index in [4.69, 9.17) is 23.2 Å². The van der Waals surface area contributed by atoms with E-state index in [0.29, 0.717) is 22.0 Å². The molecule has 1 unspecified atom stereocenters. The van der Waals surface area contributed by atoms with E-state index in [2.05, 4.69) is 4.90 Å². The molecular weight excluding hydrogens is 317 g/mol. The number of hydrogen-bond acceptors (Lipinski definition) is 1. The Hall–Kier alpha value is -0.730. The fourth-order valence-electron chi connectivity index (χ4n) is 3.87. The van der Waals surface area contributed by atoms with Gasteiger partial charge in [-0.05, 0) is 49.8 Å². The number of nitrogens with zero attached hydrogens (tertiary/aromatic N) is 1. The van der Waals surface area contributed by atoms with E-state index in [0.717, 1.165) is 31.4 Å². The van der Waals surface area contributed by atoms with Crippen LogP contribution < -0.4 is 0 Å². The third-order valence-electron chi connectivity index (χ3n) is 5.08. The summed E-state index contributed by atoms with van der Waals surface area (Å²) in [5.74, 6) is 0.415. The SMILES string of the molecule is O=C1C(Cc2ccc(Cl)cc2Cl)CCCN1C1CCCCC1. The molecule has 2 aliphatic rings. The lowest BCUT2D eigenvalue weighted by atomic mass is 9.87. The van der Waals surface area contributed by atoms with Crippen molar-refractivity contribution < 1.29 is 4.79 Å². The predicted molar refractivity (Wildman–Crippen MR) is 91.5 cm³/mol. The van der Waals surface area contributed by atoms with Gasteiger partial charge in [0.1, 0.15) is 0 Å². The molecule has 120 valence electrons. The van der Waals surface area contributed by atoms with Gasteiger partial charge in [0.25, 0.3) is 0 Å². The highest BCUT2D eigenvalue weighted by Crippen LogP contribution is 2.31. The Kier molecular flexibility index (Phi) is 5.30. The van der Waals surface area contributed by atoms with Crippen LogP contribution in [0, 0.1) is 5.92 Å². The van der Waals surface area contributed by atoms with E-state index in [9.17, 15) is 4.79 Å². The van der Waals surface area contributed by atoms with Gasteiger partial charge in [-0.2, -0.15) is 0 Å². The van der Waals surface area contributed by atoms with Gasteiger partial charge < -0.3 is 4.90 Å². The van der Waals surface area contributed by atoms with Crippen LogP contribution >= 0.6 is 23.2 Å². The number of carbonyl (C=O) groups is 1. The summed E-state index contributed by atoms with van der Waals surface area (Å²) in [4.78, 5) is 15.0. The fourth-order valence-corrected chi connectivity index (χ4v) is 4.36. The number of rotatable bonds is 3. The number of carbonyl (C=O) groups excluding carboxylic acids is 1. The molecule has 4 heteroatoms. The van der Waals surface area contributed by atoms with E-state index >= 15 is 0 Å². The normalized spacial score (nSPS) is 23.8. The first kappa shape index (κ1) is 16.1. The molecule has 1 aromatic rings. The summed E-state index contributed by atoms with van der Waals surface area (Å²) < 4.78 is 0. The maximum atomic E-state index is 12.9. The summed E-state index contributed by atoms with van der Waals surface area (Å²) in [5.41, 5.74) is 1.04. The Morgan fingerprint density at radius 3 is 2.55 bits per heavy atom. The minimum Gasteiger partial charge on any atom is -0.339 e. The average Bonchev–Trinajstić information content (AvgIpc) is 2.53. The topological polar surface area (TPSA) is 20.3 Å². The highest BCUT2D eigenvalue weighted by atomic mass is 35.5. The molecule has 0 aromatic heterocycles. The molecule has 1 amide bonds. The summed E-state index contributed by atoms with van der Waals surface area (Å²) in [6.45, 7) is 0.939. The quantitative estimate of drug-likeness (QED) is 0.749. The first-order valence-corrected chi connectivity index (χ1v) is 9.15. The van der Waals surface area contributed by atoms with Gasteiger partial charge in [-0.3, -0.25) is 4.79 Å². The lowest BCUT2D eigenvalue weighted by molar-refractivity contribution is -0.141. The molecule has 2 nitrogen and oxygen atoms in total. The maximum absolute atomic E-state index is 12.9. The number of likely N-dealkylation sites (tertiary alicyclic amines) is 1. The van der Waals surface area contributed by atoms with Crippen molar-refractivity contribution in [2.24, 2.45) is 5.92 Å². The lowest BCUT2D eigenvalue weighted by Crippen LogP contribution is -2.48. The van der Waals surface area contributed by atoms with Crippen molar-refractivity contribution in [2.45, 2.75) is 57.4 Å². The van der Waals surface area contributed by atoms with Crippen molar-refractivity contribution in [3.05, 3.63) is 33.8 Å². The Balaban J connectivity index is 1.69. The zero-order chi connectivity index (χ0) is 15.5. The molecule has 22 heavy (non-hydrogen) atoms. The predicted octanol–water partition coefficient (Wildman–Crippen LogP) is 5.11. The van der Waals surface area contributed by atoms with Crippen molar-refractivity contribution in [3.8, 4) is 0 Å². The van der Waals surface area contributed by atoms with Crippen LogP contribution in [0.4, 0.5) is 0 Å². The third kappa shape index (κ3) is 3.60. The first-order chi connectivity index (χ1) is 10.6. The highest BCUT2D eigenvalue weighted by Gasteiger charge is 2.33. The van der Waals surface area contributed by atoms with E-state index in [-0.39, 0.29) is 5.92 Å². The van der Waals surface area contributed by atoms with Crippen molar-refractivity contribution in [1.82, 2.24) is 4.90 Å². The van der Waals surface area contributed by atoms with Crippen LogP contribution in [-0.2, 0) is 11.2 Å². The third-order valence-corrected chi connectivity index (χ3v) is 5.67. The molecular formula is C18H23Cl2NO. The summed E-state index contributed by atoms with van der Waals surface area (Å²) in [5, 5.41) is 1.32. The van der Waals surface area contributed by atoms with E-state index < -0.39 is 0 Å². The average molecular weight is 340 g/mol. The van der Waals surface area contributed by atoms with Crippen LogP contribution in [-0.4, -0.2) is 23.4 Å². The summed E-state index contributed by atoms with van der Waals surface area (Å²) >= 11 is 12.2. The summed E-state index contributed by atoms with van der Waals surface area (Å²) in [6, 6.07) is 6.06. The molecule has 1 saturated heterocycles. The van der Waals surface area contributed by atoms with Crippen molar-refractivity contribution in [3.63, 3.8) is 0 Å². The minimum absolute atomic E-state index is 0.0781. The zero-order valence-electron chi connectivity index (χ0n) is 12.9. The second kappa shape index (κ2) is 7.23. The second-order valence-corrected chi connectivity index (χ2v) is 7.45. The Bertz CT molecular complexity index is 540. The molecule has 3 rings (SSSR count). The molecule has 2 fully saturated rings. The molecule has 1 aliphatic heterocycles. The van der Waals surface area contributed by atoms with Crippen molar-refractivity contribution in [1.29, 1.82) is 0 Å². The maximum Gasteiger partial charge on any atom is 0.226 e. The Morgan fingerprint density at radius 1 is 1.05 bits per heavy atom. The van der Waals surface area contributed by atoms with Crippen molar-refractivity contribution in [2.75, 3.05) is 6.54 Å². The van der Waals surface area contributed by atoms with Crippen LogP contribution in [0.25, 0.3) is 0 Å². The molecule has 1 aromatic carbocycles. The number of benzene rings is 1. The molecule has 1 heterocycles. The van der Waals surface area contributed by atoms with Gasteiger partial charge in [0, 0.05) is 28.5 Å². The van der Waals surface area contributed by atoms with Gasteiger partial charge >= 0.3 is 0 Å². The van der Waals surface area contributed by atoms with E-state index in [1.54, 1.807) is 6.07 Å². The molecule has 0 bridgehead atoms. The largest absolute Gasteiger partial charge is 0.339 e. The summed E-state index contributed by atoms with van der Waals surface area (Å²) in [6.07, 6.45) is 9.03. The number of halogens is 2. The van der Waals surface area contributed by atoms with E-state index in [1.807, 2.05) is 12.1 Å². The molecule has 0 spiro atoms. The lowest BCUT2D eigenvalue weighted by Gasteiger charge is -2.40. The monoisotopic (exact) mass is 339 g/mol. The molecule has 1 atom stereocenters. The Labute approximate surface area is 142 Å². The molecule has 1 aliphatic carbocycles. The van der Waals surface area contributed by atoms with Gasteiger partial charge in [0.15, 0.2) is 0 Å². The number of amides is 1. The van der Waals surface area contributed by atoms with Gasteiger partial charge in [0.2, 0.25) is 5.91 Å². The molecule has 0 N–H and O–H groups in total. The van der Waals surface area contributed by atoms with E-state index in [1.165, 1.54) is 32.1 Å². The van der Waals surface area contributed by atoms with Crippen LogP contribution in [0.1, 0.15) is 50.5 Å². The van der Waals surface area contributed by atoms with Gasteiger partial charge in [-0.1, -0.05) is 48.5 Å². The smallest absolute Gasteiger partial charge is 0.226 e. The molecule has 1 saturated carbocycles. The first-order valence-electron chi connectivity index (χ1n) is 8.39. The standard InChI is InChI=1S/C18H23Cl2NO/c19-15-9-8-13(17(20)12-15)11-14-5-4-10-21(18(14)22)16-6-2-1-3-7-16/h8-9,12,14,16H,1-7,10-11H2. The molecule has 0 radical (unpaired) electrons. The van der Waals surface area contributed by atoms with Gasteiger partial charge in [-0.25, -0.2) is 0 Å². The van der Waals surface area contributed by atoms with Crippen molar-refractivity contribution >= 4 is 29.1 Å². The summed E-state index contributed by atoms with van der Waals surface area (Å²) in [7, 11) is 0. The van der Waals surface area contributed by atoms with Crippen LogP contribution in [0.3, 0.4) is 0 Å². The zero-order valence-corrected chi connectivity index (χ0v) is 14.4. The second-order valence-electron chi connectivity index (χ2n) is 6.60. The fraction of sp³-hybridized carbons (Fsp3) is 0.611. The minimum atomic E-state index is 0.0781. The number of hydrogen-bond donors (Lipinski definition) is 0. The van der Waals surface area contributed by atoms with Gasteiger partial charge in [-0.15, -0.1) is 0 Å². The van der Waals surface area contributed by atoms with Crippen LogP contribution in [0.5, 0.6) is 0 Å². The number of piperidine rings is 1. The van der Waals surface area contributed by atoms with Crippen LogP contribution in [0.15, 0.2) is 18.2 Å². The van der Waals surface area contributed by atoms with Crippen LogP contribution in [0.2, 0.25) is 10.0 Å².